The van der Waals surface area contributed by atoms with Crippen molar-refractivity contribution in [2.45, 2.75) is 27.1 Å². The van der Waals surface area contributed by atoms with E-state index in [0.29, 0.717) is 18.8 Å². The number of rotatable bonds is 6. The van der Waals surface area contributed by atoms with Crippen LogP contribution in [0.5, 0.6) is 5.75 Å². The number of aryl methyl sites for hydroxylation is 2. The van der Waals surface area contributed by atoms with Crippen LogP contribution in [0.2, 0.25) is 0 Å². The summed E-state index contributed by atoms with van der Waals surface area (Å²) in [6.45, 7) is 7.92. The predicted molar refractivity (Wildman–Crippen MR) is 116 cm³/mol. The second-order valence-electron chi connectivity index (χ2n) is 8.03. The van der Waals surface area contributed by atoms with Crippen molar-refractivity contribution < 1.29 is 13.9 Å². The van der Waals surface area contributed by atoms with E-state index in [2.05, 4.69) is 16.1 Å². The minimum atomic E-state index is -0.224. The number of piperazine rings is 1. The van der Waals surface area contributed by atoms with Crippen LogP contribution >= 0.6 is 0 Å². The summed E-state index contributed by atoms with van der Waals surface area (Å²) in [5.74, 6) is 0.503. The van der Waals surface area contributed by atoms with Crippen molar-refractivity contribution in [1.82, 2.24) is 19.6 Å². The van der Waals surface area contributed by atoms with E-state index in [1.165, 1.54) is 12.1 Å². The quantitative estimate of drug-likeness (QED) is 0.609. The van der Waals surface area contributed by atoms with E-state index in [4.69, 9.17) is 4.74 Å². The molecule has 0 bridgehead atoms. The van der Waals surface area contributed by atoms with Crippen LogP contribution in [0.4, 0.5) is 4.39 Å². The molecule has 1 saturated heterocycles. The first-order valence-corrected chi connectivity index (χ1v) is 10.5. The summed E-state index contributed by atoms with van der Waals surface area (Å²) in [6, 6.07) is 14.4. The molecule has 1 amide bonds. The van der Waals surface area contributed by atoms with E-state index in [1.807, 2.05) is 30.9 Å². The number of halogens is 1. The Hall–Kier alpha value is -3.19. The minimum absolute atomic E-state index is 0.0633. The fourth-order valence-corrected chi connectivity index (χ4v) is 3.82. The molecule has 1 aliphatic heterocycles. The van der Waals surface area contributed by atoms with E-state index in [9.17, 15) is 9.18 Å². The molecule has 0 radical (unpaired) electrons. The Morgan fingerprint density at radius 1 is 1.00 bits per heavy atom. The Morgan fingerprint density at radius 2 is 1.68 bits per heavy atom. The molecule has 3 aromatic rings. The lowest BCUT2D eigenvalue weighted by Crippen LogP contribution is -2.48. The molecular formula is C24H27FN4O2. The van der Waals surface area contributed by atoms with Gasteiger partial charge in [0, 0.05) is 38.9 Å². The van der Waals surface area contributed by atoms with Crippen molar-refractivity contribution >= 4 is 5.91 Å². The van der Waals surface area contributed by atoms with Gasteiger partial charge in [0.1, 0.15) is 11.6 Å². The molecule has 31 heavy (non-hydrogen) atoms. The predicted octanol–water partition coefficient (Wildman–Crippen LogP) is 3.63. The first-order valence-electron chi connectivity index (χ1n) is 10.5. The van der Waals surface area contributed by atoms with Gasteiger partial charge in [-0.05, 0) is 60.9 Å². The topological polar surface area (TPSA) is 50.6 Å². The van der Waals surface area contributed by atoms with Crippen molar-refractivity contribution in [3.8, 4) is 5.75 Å². The van der Waals surface area contributed by atoms with Gasteiger partial charge in [0.2, 0.25) is 0 Å². The highest BCUT2D eigenvalue weighted by atomic mass is 19.1. The Morgan fingerprint density at radius 3 is 2.35 bits per heavy atom. The Kier molecular flexibility index (Phi) is 6.32. The standard InChI is InChI=1S/C24H27FN4O2/c1-18-13-19(2)15-22(14-18)31-17-29-8-7-23(26-29)24(30)28-11-9-27(10-12-28)16-20-3-5-21(25)6-4-20/h3-8,13-15H,9-12,16-17H2,1-2H3. The van der Waals surface area contributed by atoms with E-state index < -0.39 is 0 Å². The molecule has 162 valence electrons. The molecule has 1 aliphatic rings. The number of carbonyl (C=O) groups is 1. The van der Waals surface area contributed by atoms with E-state index in [1.54, 1.807) is 29.1 Å². The number of hydrogen-bond donors (Lipinski definition) is 0. The summed E-state index contributed by atoms with van der Waals surface area (Å²) >= 11 is 0. The van der Waals surface area contributed by atoms with Gasteiger partial charge in [-0.1, -0.05) is 18.2 Å². The molecule has 0 saturated carbocycles. The zero-order valence-corrected chi connectivity index (χ0v) is 17.9. The van der Waals surface area contributed by atoms with Gasteiger partial charge >= 0.3 is 0 Å². The third-order valence-corrected chi connectivity index (χ3v) is 5.40. The first-order chi connectivity index (χ1) is 15.0. The number of ether oxygens (including phenoxy) is 1. The van der Waals surface area contributed by atoms with Gasteiger partial charge in [0.25, 0.3) is 5.91 Å². The highest BCUT2D eigenvalue weighted by Crippen LogP contribution is 2.17. The molecule has 7 heteroatoms. The van der Waals surface area contributed by atoms with Gasteiger partial charge in [-0.15, -0.1) is 0 Å². The molecule has 1 aromatic heterocycles. The highest BCUT2D eigenvalue weighted by molar-refractivity contribution is 5.92. The number of benzene rings is 2. The highest BCUT2D eigenvalue weighted by Gasteiger charge is 2.23. The van der Waals surface area contributed by atoms with Crippen molar-refractivity contribution in [3.63, 3.8) is 0 Å². The van der Waals surface area contributed by atoms with Gasteiger partial charge in [0.05, 0.1) is 0 Å². The summed E-state index contributed by atoms with van der Waals surface area (Å²) in [6.07, 6.45) is 1.76. The molecule has 2 aromatic carbocycles. The average molecular weight is 423 g/mol. The minimum Gasteiger partial charge on any atom is -0.471 e. The van der Waals surface area contributed by atoms with Gasteiger partial charge < -0.3 is 9.64 Å². The molecule has 0 aliphatic carbocycles. The van der Waals surface area contributed by atoms with Gasteiger partial charge in [0.15, 0.2) is 12.4 Å². The molecule has 6 nitrogen and oxygen atoms in total. The normalized spacial score (nSPS) is 14.6. The summed E-state index contributed by atoms with van der Waals surface area (Å²) in [5.41, 5.74) is 3.79. The molecule has 0 atom stereocenters. The molecular weight excluding hydrogens is 395 g/mol. The fraction of sp³-hybridized carbons (Fsp3) is 0.333. The van der Waals surface area contributed by atoms with E-state index >= 15 is 0 Å². The third kappa shape index (κ3) is 5.49. The monoisotopic (exact) mass is 422 g/mol. The molecule has 4 rings (SSSR count). The van der Waals surface area contributed by atoms with Crippen molar-refractivity contribution in [1.29, 1.82) is 0 Å². The van der Waals surface area contributed by atoms with Crippen LogP contribution in [0, 0.1) is 19.7 Å². The Bertz CT molecular complexity index is 1020. The largest absolute Gasteiger partial charge is 0.471 e. The fourth-order valence-electron chi connectivity index (χ4n) is 3.82. The summed E-state index contributed by atoms with van der Waals surface area (Å²) in [5, 5.41) is 4.39. The van der Waals surface area contributed by atoms with Crippen molar-refractivity contribution in [2.24, 2.45) is 0 Å². The lowest BCUT2D eigenvalue weighted by molar-refractivity contribution is 0.0621. The van der Waals surface area contributed by atoms with Crippen LogP contribution in [0.15, 0.2) is 54.7 Å². The lowest BCUT2D eigenvalue weighted by atomic mass is 10.1. The smallest absolute Gasteiger partial charge is 0.274 e. The zero-order valence-electron chi connectivity index (χ0n) is 17.9. The maximum absolute atomic E-state index is 13.1. The van der Waals surface area contributed by atoms with Crippen LogP contribution < -0.4 is 4.74 Å². The Balaban J connectivity index is 1.28. The number of nitrogens with zero attached hydrogens (tertiary/aromatic N) is 4. The maximum atomic E-state index is 13.1. The molecule has 0 N–H and O–H groups in total. The van der Waals surface area contributed by atoms with E-state index in [0.717, 1.165) is 42.1 Å². The molecule has 2 heterocycles. The van der Waals surface area contributed by atoms with Crippen molar-refractivity contribution in [2.75, 3.05) is 26.2 Å². The lowest BCUT2D eigenvalue weighted by Gasteiger charge is -2.34. The number of aromatic nitrogens is 2. The Labute approximate surface area is 181 Å². The second kappa shape index (κ2) is 9.31. The van der Waals surface area contributed by atoms with Gasteiger partial charge in [-0.25, -0.2) is 9.07 Å². The van der Waals surface area contributed by atoms with Crippen LogP contribution in [0.25, 0.3) is 0 Å². The zero-order chi connectivity index (χ0) is 21.8. The van der Waals surface area contributed by atoms with Gasteiger partial charge in [-0.2, -0.15) is 5.10 Å². The first kappa shape index (κ1) is 21.1. The van der Waals surface area contributed by atoms with Crippen LogP contribution in [0.3, 0.4) is 0 Å². The maximum Gasteiger partial charge on any atom is 0.274 e. The second-order valence-corrected chi connectivity index (χ2v) is 8.03. The third-order valence-electron chi connectivity index (χ3n) is 5.40. The molecule has 0 spiro atoms. The number of hydrogen-bond acceptors (Lipinski definition) is 4. The van der Waals surface area contributed by atoms with Crippen LogP contribution in [0.1, 0.15) is 27.2 Å². The summed E-state index contributed by atoms with van der Waals surface area (Å²) in [4.78, 5) is 16.9. The summed E-state index contributed by atoms with van der Waals surface area (Å²) < 4.78 is 20.5. The molecule has 0 unspecified atom stereocenters. The van der Waals surface area contributed by atoms with Crippen LogP contribution in [-0.2, 0) is 13.3 Å². The number of amides is 1. The summed E-state index contributed by atoms with van der Waals surface area (Å²) in [7, 11) is 0. The van der Waals surface area contributed by atoms with E-state index in [-0.39, 0.29) is 18.5 Å². The van der Waals surface area contributed by atoms with Gasteiger partial charge in [-0.3, -0.25) is 9.69 Å². The van der Waals surface area contributed by atoms with Crippen molar-refractivity contribution in [3.05, 3.63) is 82.9 Å². The number of carbonyl (C=O) groups excluding carboxylic acids is 1. The molecule has 1 fully saturated rings. The van der Waals surface area contributed by atoms with Crippen LogP contribution in [-0.4, -0.2) is 51.7 Å². The average Bonchev–Trinajstić information content (AvgIpc) is 3.22. The SMILES string of the molecule is Cc1cc(C)cc(OCn2ccc(C(=O)N3CCN(Cc4ccc(F)cc4)CC3)n2)c1.